The largest absolute Gasteiger partial charge is 0.468 e. The standard InChI is InChI=1S/C16H16F3NO3/c1-23-15(22)14-9-13(21)10-20(14)8-2-3-11-4-6-12(7-5-11)16(17,18)19/h4-7,13-14,21H,8-10H2,1H3/t13-,14-/m0/s1. The molecule has 0 spiro atoms. The third-order valence-corrected chi connectivity index (χ3v) is 3.58. The third-order valence-electron chi connectivity index (χ3n) is 3.58. The molecule has 1 aliphatic heterocycles. The van der Waals surface area contributed by atoms with Crippen molar-refractivity contribution in [2.24, 2.45) is 0 Å². The molecule has 4 nitrogen and oxygen atoms in total. The van der Waals surface area contributed by atoms with Gasteiger partial charge in [0.15, 0.2) is 0 Å². The van der Waals surface area contributed by atoms with Crippen molar-refractivity contribution < 1.29 is 27.8 Å². The van der Waals surface area contributed by atoms with Crippen LogP contribution in [-0.2, 0) is 15.7 Å². The summed E-state index contributed by atoms with van der Waals surface area (Å²) in [4.78, 5) is 13.3. The minimum atomic E-state index is -4.37. The van der Waals surface area contributed by atoms with Gasteiger partial charge in [0.05, 0.1) is 25.3 Å². The number of benzene rings is 1. The summed E-state index contributed by atoms with van der Waals surface area (Å²) in [6, 6.07) is 4.00. The summed E-state index contributed by atoms with van der Waals surface area (Å²) >= 11 is 0. The SMILES string of the molecule is COC(=O)[C@@H]1C[C@H](O)CN1CC#Cc1ccc(C(F)(F)F)cc1. The van der Waals surface area contributed by atoms with Crippen molar-refractivity contribution in [1.29, 1.82) is 0 Å². The average Bonchev–Trinajstić information content (AvgIpc) is 2.87. The summed E-state index contributed by atoms with van der Waals surface area (Å²) in [7, 11) is 1.28. The maximum atomic E-state index is 12.5. The molecule has 1 fully saturated rings. The number of carbonyl (C=O) groups is 1. The molecule has 1 N–H and O–H groups in total. The lowest BCUT2D eigenvalue weighted by Gasteiger charge is -2.18. The molecule has 0 bridgehead atoms. The van der Waals surface area contributed by atoms with E-state index < -0.39 is 29.9 Å². The second-order valence-electron chi connectivity index (χ2n) is 5.23. The highest BCUT2D eigenvalue weighted by Crippen LogP contribution is 2.28. The zero-order valence-electron chi connectivity index (χ0n) is 12.4. The van der Waals surface area contributed by atoms with Crippen molar-refractivity contribution in [1.82, 2.24) is 4.90 Å². The molecule has 1 saturated heterocycles. The minimum Gasteiger partial charge on any atom is -0.468 e. The number of alkyl halides is 3. The van der Waals surface area contributed by atoms with Gasteiger partial charge in [-0.25, -0.2) is 0 Å². The Morgan fingerprint density at radius 1 is 1.39 bits per heavy atom. The first-order valence-corrected chi connectivity index (χ1v) is 6.97. The predicted molar refractivity (Wildman–Crippen MR) is 76.3 cm³/mol. The minimum absolute atomic E-state index is 0.220. The molecular weight excluding hydrogens is 311 g/mol. The summed E-state index contributed by atoms with van der Waals surface area (Å²) in [6.07, 6.45) is -4.70. The normalized spacial score (nSPS) is 21.6. The van der Waals surface area contributed by atoms with Gasteiger partial charge in [-0.15, -0.1) is 0 Å². The number of rotatable bonds is 2. The second-order valence-corrected chi connectivity index (χ2v) is 5.23. The molecule has 23 heavy (non-hydrogen) atoms. The fourth-order valence-corrected chi connectivity index (χ4v) is 2.42. The lowest BCUT2D eigenvalue weighted by Crippen LogP contribution is -2.37. The van der Waals surface area contributed by atoms with Gasteiger partial charge in [-0.3, -0.25) is 9.69 Å². The number of likely N-dealkylation sites (tertiary alicyclic amines) is 1. The van der Waals surface area contributed by atoms with Gasteiger partial charge in [-0.2, -0.15) is 13.2 Å². The van der Waals surface area contributed by atoms with Crippen LogP contribution in [0.5, 0.6) is 0 Å². The molecule has 1 aromatic rings. The van der Waals surface area contributed by atoms with Gasteiger partial charge >= 0.3 is 12.1 Å². The molecule has 1 aromatic carbocycles. The van der Waals surface area contributed by atoms with Crippen LogP contribution in [0, 0.1) is 11.8 Å². The van der Waals surface area contributed by atoms with E-state index >= 15 is 0 Å². The molecule has 0 aliphatic carbocycles. The first-order chi connectivity index (χ1) is 10.8. The molecule has 1 heterocycles. The van der Waals surface area contributed by atoms with Crippen LogP contribution in [-0.4, -0.2) is 48.3 Å². The zero-order valence-corrected chi connectivity index (χ0v) is 12.4. The highest BCUT2D eigenvalue weighted by Gasteiger charge is 2.36. The van der Waals surface area contributed by atoms with Crippen molar-refractivity contribution in [3.8, 4) is 11.8 Å². The molecular formula is C16H16F3NO3. The Balaban J connectivity index is 2.01. The van der Waals surface area contributed by atoms with E-state index in [1.165, 1.54) is 19.2 Å². The fraction of sp³-hybridized carbons (Fsp3) is 0.438. The zero-order chi connectivity index (χ0) is 17.0. The van der Waals surface area contributed by atoms with Crippen molar-refractivity contribution in [3.63, 3.8) is 0 Å². The van der Waals surface area contributed by atoms with E-state index in [0.29, 0.717) is 12.1 Å². The monoisotopic (exact) mass is 327 g/mol. The van der Waals surface area contributed by atoms with Crippen molar-refractivity contribution in [3.05, 3.63) is 35.4 Å². The number of esters is 1. The fourth-order valence-electron chi connectivity index (χ4n) is 2.42. The lowest BCUT2D eigenvalue weighted by molar-refractivity contribution is -0.145. The number of nitrogens with zero attached hydrogens (tertiary/aromatic N) is 1. The molecule has 124 valence electrons. The van der Waals surface area contributed by atoms with Crippen LogP contribution in [0.25, 0.3) is 0 Å². The van der Waals surface area contributed by atoms with E-state index in [-0.39, 0.29) is 13.0 Å². The smallest absolute Gasteiger partial charge is 0.416 e. The van der Waals surface area contributed by atoms with Crippen LogP contribution in [0.15, 0.2) is 24.3 Å². The number of hydrogen-bond acceptors (Lipinski definition) is 4. The molecule has 0 amide bonds. The summed E-state index contributed by atoms with van der Waals surface area (Å²) in [6.45, 7) is 0.527. The molecule has 7 heteroatoms. The van der Waals surface area contributed by atoms with Crippen LogP contribution in [0.2, 0.25) is 0 Å². The van der Waals surface area contributed by atoms with Gasteiger partial charge in [-0.1, -0.05) is 11.8 Å². The molecule has 0 saturated carbocycles. The maximum Gasteiger partial charge on any atom is 0.416 e. The van der Waals surface area contributed by atoms with Gasteiger partial charge < -0.3 is 9.84 Å². The van der Waals surface area contributed by atoms with Gasteiger partial charge in [0.25, 0.3) is 0 Å². The number of aliphatic hydroxyl groups excluding tert-OH is 1. The van der Waals surface area contributed by atoms with Gasteiger partial charge in [0.1, 0.15) is 6.04 Å². The summed E-state index contributed by atoms with van der Waals surface area (Å²) < 4.78 is 42.0. The molecule has 2 atom stereocenters. The van der Waals surface area contributed by atoms with E-state index in [1.807, 2.05) is 0 Å². The topological polar surface area (TPSA) is 49.8 Å². The van der Waals surface area contributed by atoms with E-state index in [1.54, 1.807) is 4.90 Å². The van der Waals surface area contributed by atoms with Crippen molar-refractivity contribution >= 4 is 5.97 Å². The van der Waals surface area contributed by atoms with Crippen molar-refractivity contribution in [2.45, 2.75) is 24.7 Å². The Hall–Kier alpha value is -2.04. The number of halogens is 3. The van der Waals surface area contributed by atoms with Crippen LogP contribution in [0.4, 0.5) is 13.2 Å². The molecule has 0 aromatic heterocycles. The Morgan fingerprint density at radius 3 is 2.61 bits per heavy atom. The van der Waals surface area contributed by atoms with Gasteiger partial charge in [0.2, 0.25) is 0 Å². The van der Waals surface area contributed by atoms with E-state index in [0.717, 1.165) is 12.1 Å². The average molecular weight is 327 g/mol. The summed E-state index contributed by atoms with van der Waals surface area (Å²) in [5.41, 5.74) is -0.274. The number of methoxy groups -OCH3 is 1. The number of β-amino-alcohol motifs (C(OH)–C–C–N with tert-alkyl or cyclic N) is 1. The highest BCUT2D eigenvalue weighted by atomic mass is 19.4. The summed E-state index contributed by atoms with van der Waals surface area (Å²) in [5.74, 6) is 5.12. The Bertz CT molecular complexity index is 616. The quantitative estimate of drug-likeness (QED) is 0.663. The Kier molecular flexibility index (Phi) is 5.29. The lowest BCUT2D eigenvalue weighted by atomic mass is 10.1. The molecule has 2 rings (SSSR count). The Labute approximate surface area is 131 Å². The van der Waals surface area contributed by atoms with E-state index in [4.69, 9.17) is 0 Å². The highest BCUT2D eigenvalue weighted by molar-refractivity contribution is 5.76. The van der Waals surface area contributed by atoms with Crippen LogP contribution in [0.3, 0.4) is 0 Å². The van der Waals surface area contributed by atoms with Crippen LogP contribution in [0.1, 0.15) is 17.5 Å². The number of aliphatic hydroxyl groups is 1. The van der Waals surface area contributed by atoms with Crippen LogP contribution >= 0.6 is 0 Å². The second kappa shape index (κ2) is 7.02. The van der Waals surface area contributed by atoms with E-state index in [9.17, 15) is 23.1 Å². The predicted octanol–water partition coefficient (Wildman–Crippen LogP) is 1.67. The van der Waals surface area contributed by atoms with E-state index in [2.05, 4.69) is 16.6 Å². The molecule has 0 unspecified atom stereocenters. The van der Waals surface area contributed by atoms with Crippen molar-refractivity contribution in [2.75, 3.05) is 20.2 Å². The number of ether oxygens (including phenoxy) is 1. The summed E-state index contributed by atoms with van der Waals surface area (Å²) in [5, 5.41) is 9.63. The number of carbonyl (C=O) groups excluding carboxylic acids is 1. The maximum absolute atomic E-state index is 12.5. The molecule has 1 aliphatic rings. The Morgan fingerprint density at radius 2 is 2.04 bits per heavy atom. The third kappa shape index (κ3) is 4.47. The van der Waals surface area contributed by atoms with Gasteiger partial charge in [0, 0.05) is 18.5 Å². The molecule has 0 radical (unpaired) electrons. The van der Waals surface area contributed by atoms with Crippen LogP contribution < -0.4 is 0 Å². The van der Waals surface area contributed by atoms with Gasteiger partial charge in [-0.05, 0) is 24.3 Å². The first-order valence-electron chi connectivity index (χ1n) is 6.97. The first kappa shape index (κ1) is 17.3. The number of hydrogen-bond donors (Lipinski definition) is 1.